The Morgan fingerprint density at radius 1 is 1.33 bits per heavy atom. The highest BCUT2D eigenvalue weighted by molar-refractivity contribution is 5.95. The van der Waals surface area contributed by atoms with Crippen molar-refractivity contribution in [1.82, 2.24) is 9.78 Å². The number of halogens is 3. The summed E-state index contributed by atoms with van der Waals surface area (Å²) in [5, 5.41) is 6.42. The smallest absolute Gasteiger partial charge is 0.309 e. The van der Waals surface area contributed by atoms with Crippen molar-refractivity contribution >= 4 is 11.7 Å². The zero-order valence-corrected chi connectivity index (χ0v) is 12.8. The van der Waals surface area contributed by atoms with Gasteiger partial charge in [-0.1, -0.05) is 24.3 Å². The van der Waals surface area contributed by atoms with Crippen LogP contribution in [0.3, 0.4) is 0 Å². The van der Waals surface area contributed by atoms with Gasteiger partial charge in [-0.2, -0.15) is 18.3 Å². The van der Waals surface area contributed by atoms with E-state index in [1.807, 2.05) is 12.1 Å². The summed E-state index contributed by atoms with van der Waals surface area (Å²) in [6.45, 7) is -1.16. The highest BCUT2D eigenvalue weighted by Gasteiger charge is 2.61. The van der Waals surface area contributed by atoms with E-state index in [1.165, 1.54) is 23.4 Å². The minimum absolute atomic E-state index is 0.0881. The zero-order chi connectivity index (χ0) is 16.9. The molecule has 2 aliphatic carbocycles. The minimum atomic E-state index is -4.33. The number of amides is 1. The van der Waals surface area contributed by atoms with E-state index in [0.717, 1.165) is 23.9 Å². The molecule has 126 valence electrons. The first-order valence-electron chi connectivity index (χ1n) is 7.87. The predicted molar refractivity (Wildman–Crippen MR) is 81.5 cm³/mol. The van der Waals surface area contributed by atoms with Crippen molar-refractivity contribution < 1.29 is 18.0 Å². The number of benzene rings is 1. The first kappa shape index (κ1) is 15.2. The predicted octanol–water partition coefficient (Wildman–Crippen LogP) is 3.29. The average Bonchev–Trinajstić information content (AvgIpc) is 2.91. The number of carbonyl (C=O) groups is 1. The number of aryl methyl sites for hydroxylation is 1. The summed E-state index contributed by atoms with van der Waals surface area (Å²) in [6, 6.07) is 9.55. The maximum atomic E-state index is 12.5. The van der Waals surface area contributed by atoms with Crippen molar-refractivity contribution in [2.24, 2.45) is 5.92 Å². The van der Waals surface area contributed by atoms with Crippen molar-refractivity contribution in [3.8, 4) is 0 Å². The number of carbonyl (C=O) groups excluding carboxylic acids is 1. The number of anilines is 1. The lowest BCUT2D eigenvalue weighted by atomic mass is 9.95. The number of hydrogen-bond donors (Lipinski definition) is 1. The minimum Gasteiger partial charge on any atom is -0.309 e. The van der Waals surface area contributed by atoms with E-state index in [0.29, 0.717) is 0 Å². The summed E-state index contributed by atoms with van der Waals surface area (Å²) in [5.74, 6) is -0.129. The Morgan fingerprint density at radius 3 is 2.92 bits per heavy atom. The Kier molecular flexibility index (Phi) is 3.23. The number of hydrogen-bond acceptors (Lipinski definition) is 2. The molecule has 4 rings (SSSR count). The van der Waals surface area contributed by atoms with Gasteiger partial charge in [0.25, 0.3) is 0 Å². The fourth-order valence-corrected chi connectivity index (χ4v) is 3.85. The monoisotopic (exact) mass is 335 g/mol. The van der Waals surface area contributed by atoms with Crippen LogP contribution in [-0.4, -0.2) is 21.9 Å². The molecular weight excluding hydrogens is 319 g/mol. The molecule has 1 N–H and O–H groups in total. The third kappa shape index (κ3) is 2.57. The summed E-state index contributed by atoms with van der Waals surface area (Å²) in [4.78, 5) is 12.5. The zero-order valence-electron chi connectivity index (χ0n) is 12.8. The third-order valence-corrected chi connectivity index (χ3v) is 5.02. The van der Waals surface area contributed by atoms with Gasteiger partial charge < -0.3 is 5.32 Å². The van der Waals surface area contributed by atoms with E-state index in [9.17, 15) is 18.0 Å². The normalized spacial score (nSPS) is 24.9. The Hall–Kier alpha value is -2.31. The van der Waals surface area contributed by atoms with Gasteiger partial charge in [-0.3, -0.25) is 9.48 Å². The number of alkyl halides is 3. The van der Waals surface area contributed by atoms with E-state index in [4.69, 9.17) is 0 Å². The highest BCUT2D eigenvalue weighted by atomic mass is 19.4. The number of fused-ring (bicyclic) bond motifs is 2. The van der Waals surface area contributed by atoms with Crippen LogP contribution in [-0.2, 0) is 23.2 Å². The summed E-state index contributed by atoms with van der Waals surface area (Å²) < 4.78 is 37.8. The maximum Gasteiger partial charge on any atom is 0.408 e. The van der Waals surface area contributed by atoms with Crippen molar-refractivity contribution in [2.45, 2.75) is 37.4 Å². The molecule has 1 aromatic heterocycles. The van der Waals surface area contributed by atoms with Gasteiger partial charge >= 0.3 is 6.18 Å². The lowest BCUT2D eigenvalue weighted by Gasteiger charge is -2.11. The second kappa shape index (κ2) is 5.09. The standard InChI is InChI=1S/C17H16F3N3O/c18-17(19,20)10-23-8-6-14(22-23)21-15(24)13-9-16(13)7-5-11-3-1-2-4-12(11)16/h1-4,6,8,13H,5,7,9-10H2,(H,21,22,24)/t13-,16+/m1/s1. The van der Waals surface area contributed by atoms with E-state index in [1.54, 1.807) is 0 Å². The van der Waals surface area contributed by atoms with Crippen LogP contribution < -0.4 is 5.32 Å². The van der Waals surface area contributed by atoms with Crippen molar-refractivity contribution in [1.29, 1.82) is 0 Å². The molecule has 0 saturated heterocycles. The average molecular weight is 335 g/mol. The van der Waals surface area contributed by atoms with Crippen molar-refractivity contribution in [3.05, 3.63) is 47.7 Å². The Bertz CT molecular complexity index is 798. The molecule has 0 radical (unpaired) electrons. The Morgan fingerprint density at radius 2 is 2.12 bits per heavy atom. The summed E-state index contributed by atoms with van der Waals surface area (Å²) in [7, 11) is 0. The molecule has 0 bridgehead atoms. The number of aromatic nitrogens is 2. The summed E-state index contributed by atoms with van der Waals surface area (Å²) in [6.07, 6.45) is -0.399. The molecule has 0 aliphatic heterocycles. The molecule has 1 amide bonds. The third-order valence-electron chi connectivity index (χ3n) is 5.02. The van der Waals surface area contributed by atoms with Gasteiger partial charge in [-0.05, 0) is 30.4 Å². The van der Waals surface area contributed by atoms with Gasteiger partial charge in [0.15, 0.2) is 5.82 Å². The van der Waals surface area contributed by atoms with Gasteiger partial charge in [-0.15, -0.1) is 0 Å². The molecule has 1 spiro atoms. The van der Waals surface area contributed by atoms with Gasteiger partial charge in [0.2, 0.25) is 5.91 Å². The maximum absolute atomic E-state index is 12.5. The van der Waals surface area contributed by atoms with Crippen LogP contribution in [0.1, 0.15) is 24.0 Å². The molecule has 2 aliphatic rings. The van der Waals surface area contributed by atoms with Crippen LogP contribution in [0.2, 0.25) is 0 Å². The van der Waals surface area contributed by atoms with Crippen LogP contribution in [0.5, 0.6) is 0 Å². The molecule has 1 fully saturated rings. The second-order valence-corrected chi connectivity index (χ2v) is 6.57. The van der Waals surface area contributed by atoms with Crippen LogP contribution in [0.4, 0.5) is 19.0 Å². The molecule has 4 nitrogen and oxygen atoms in total. The van der Waals surface area contributed by atoms with Crippen LogP contribution in [0, 0.1) is 5.92 Å². The van der Waals surface area contributed by atoms with Gasteiger partial charge in [0, 0.05) is 23.6 Å². The molecule has 24 heavy (non-hydrogen) atoms. The lowest BCUT2D eigenvalue weighted by molar-refractivity contribution is -0.142. The van der Waals surface area contributed by atoms with Crippen LogP contribution in [0.25, 0.3) is 0 Å². The summed E-state index contributed by atoms with van der Waals surface area (Å²) >= 11 is 0. The van der Waals surface area contributed by atoms with Gasteiger partial charge in [-0.25, -0.2) is 0 Å². The molecule has 1 heterocycles. The fraction of sp³-hybridized carbons (Fsp3) is 0.412. The molecule has 1 aromatic carbocycles. The molecule has 1 saturated carbocycles. The molecular formula is C17H16F3N3O. The largest absolute Gasteiger partial charge is 0.408 e. The number of nitrogens with one attached hydrogen (secondary N) is 1. The lowest BCUT2D eigenvalue weighted by Crippen LogP contribution is -2.21. The molecule has 0 unspecified atom stereocenters. The van der Waals surface area contributed by atoms with Crippen LogP contribution >= 0.6 is 0 Å². The quantitative estimate of drug-likeness (QED) is 0.936. The van der Waals surface area contributed by atoms with Crippen LogP contribution in [0.15, 0.2) is 36.5 Å². The van der Waals surface area contributed by atoms with E-state index < -0.39 is 12.7 Å². The van der Waals surface area contributed by atoms with E-state index >= 15 is 0 Å². The SMILES string of the molecule is O=C(Nc1ccn(CC(F)(F)F)n1)[C@H]1C[C@]12CCc1ccccc12. The topological polar surface area (TPSA) is 46.9 Å². The fourth-order valence-electron chi connectivity index (χ4n) is 3.85. The van der Waals surface area contributed by atoms with Crippen molar-refractivity contribution in [3.63, 3.8) is 0 Å². The molecule has 7 heteroatoms. The van der Waals surface area contributed by atoms with E-state index in [2.05, 4.69) is 22.5 Å². The first-order valence-corrected chi connectivity index (χ1v) is 7.87. The summed E-state index contributed by atoms with van der Waals surface area (Å²) in [5.41, 5.74) is 2.45. The Balaban J connectivity index is 1.44. The highest BCUT2D eigenvalue weighted by Crippen LogP contribution is 2.61. The van der Waals surface area contributed by atoms with E-state index in [-0.39, 0.29) is 23.1 Å². The number of rotatable bonds is 3. The van der Waals surface area contributed by atoms with Crippen molar-refractivity contribution in [2.75, 3.05) is 5.32 Å². The first-order chi connectivity index (χ1) is 11.4. The Labute approximate surface area is 136 Å². The number of nitrogens with zero attached hydrogens (tertiary/aromatic N) is 2. The molecule has 2 aromatic rings. The van der Waals surface area contributed by atoms with Gasteiger partial charge in [0.1, 0.15) is 6.54 Å². The van der Waals surface area contributed by atoms with Gasteiger partial charge in [0.05, 0.1) is 0 Å². The second-order valence-electron chi connectivity index (χ2n) is 6.57. The molecule has 2 atom stereocenters.